The van der Waals surface area contributed by atoms with Crippen molar-refractivity contribution in [2.45, 2.75) is 19.5 Å². The molecule has 0 aliphatic heterocycles. The molecule has 0 spiro atoms. The van der Waals surface area contributed by atoms with E-state index in [-0.39, 0.29) is 11.6 Å². The summed E-state index contributed by atoms with van der Waals surface area (Å²) in [6.07, 6.45) is 0.928. The lowest BCUT2D eigenvalue weighted by atomic mass is 10.2. The molecule has 0 aliphatic carbocycles. The molecule has 5 nitrogen and oxygen atoms in total. The maximum Gasteiger partial charge on any atom is 0.416 e. The Morgan fingerprint density at radius 1 is 1.19 bits per heavy atom. The van der Waals surface area contributed by atoms with Crippen molar-refractivity contribution >= 4 is 5.91 Å². The fraction of sp³-hybridized carbons (Fsp3) is 0.211. The highest BCUT2D eigenvalue weighted by molar-refractivity contribution is 5.95. The van der Waals surface area contributed by atoms with E-state index in [1.54, 1.807) is 19.3 Å². The Bertz CT molecular complexity index is 936. The molecule has 0 radical (unpaired) electrons. The lowest BCUT2D eigenvalue weighted by Crippen LogP contribution is -2.26. The number of halogens is 3. The maximum atomic E-state index is 12.9. The van der Waals surface area contributed by atoms with Crippen LogP contribution < -0.4 is 5.32 Å². The number of carbonyl (C=O) groups excluding carboxylic acids is 1. The number of aromatic nitrogens is 3. The van der Waals surface area contributed by atoms with Crippen LogP contribution in [-0.4, -0.2) is 27.2 Å². The van der Waals surface area contributed by atoms with E-state index >= 15 is 0 Å². The molecule has 1 aromatic carbocycles. The molecular weight excluding hydrogens is 357 g/mol. The third kappa shape index (κ3) is 4.33. The van der Waals surface area contributed by atoms with E-state index in [0.29, 0.717) is 24.2 Å². The maximum absolute atomic E-state index is 12.9. The Kier molecular flexibility index (Phi) is 5.25. The number of carbonyl (C=O) groups is 1. The van der Waals surface area contributed by atoms with Crippen molar-refractivity contribution < 1.29 is 18.0 Å². The number of benzene rings is 1. The van der Waals surface area contributed by atoms with Gasteiger partial charge in [-0.3, -0.25) is 9.78 Å². The van der Waals surface area contributed by atoms with Crippen molar-refractivity contribution in [3.63, 3.8) is 0 Å². The van der Waals surface area contributed by atoms with E-state index in [1.165, 1.54) is 23.0 Å². The number of hydrogen-bond acceptors (Lipinski definition) is 3. The predicted octanol–water partition coefficient (Wildman–Crippen LogP) is 3.57. The van der Waals surface area contributed by atoms with Gasteiger partial charge >= 0.3 is 6.18 Å². The van der Waals surface area contributed by atoms with Gasteiger partial charge in [-0.05, 0) is 49.2 Å². The summed E-state index contributed by atoms with van der Waals surface area (Å²) in [7, 11) is 0. The zero-order valence-electron chi connectivity index (χ0n) is 14.5. The van der Waals surface area contributed by atoms with Gasteiger partial charge in [-0.2, -0.15) is 18.3 Å². The molecule has 0 atom stereocenters. The first-order chi connectivity index (χ1) is 12.9. The largest absolute Gasteiger partial charge is 0.416 e. The fourth-order valence-electron chi connectivity index (χ4n) is 2.67. The Labute approximate surface area is 153 Å². The van der Waals surface area contributed by atoms with Crippen molar-refractivity contribution in [3.8, 4) is 5.69 Å². The second kappa shape index (κ2) is 7.61. The lowest BCUT2D eigenvalue weighted by molar-refractivity contribution is -0.137. The molecule has 1 amide bonds. The Balaban J connectivity index is 1.72. The fourth-order valence-corrected chi connectivity index (χ4v) is 2.67. The van der Waals surface area contributed by atoms with Crippen LogP contribution in [0.5, 0.6) is 0 Å². The summed E-state index contributed by atoms with van der Waals surface area (Å²) >= 11 is 0. The van der Waals surface area contributed by atoms with Gasteiger partial charge in [0.05, 0.1) is 28.7 Å². The molecule has 0 fully saturated rings. The number of alkyl halides is 3. The Morgan fingerprint density at radius 2 is 1.93 bits per heavy atom. The van der Waals surface area contributed by atoms with Crippen molar-refractivity contribution in [2.24, 2.45) is 0 Å². The Hall–Kier alpha value is -3.16. The first kappa shape index (κ1) is 18.6. The summed E-state index contributed by atoms with van der Waals surface area (Å²) in [4.78, 5) is 16.3. The molecule has 2 aromatic heterocycles. The highest BCUT2D eigenvalue weighted by Gasteiger charge is 2.30. The molecule has 0 unspecified atom stereocenters. The zero-order valence-corrected chi connectivity index (χ0v) is 14.5. The molecule has 0 saturated heterocycles. The average molecular weight is 374 g/mol. The first-order valence-electron chi connectivity index (χ1n) is 8.25. The van der Waals surface area contributed by atoms with E-state index in [4.69, 9.17) is 0 Å². The molecule has 2 heterocycles. The van der Waals surface area contributed by atoms with Crippen LogP contribution in [0.4, 0.5) is 13.2 Å². The summed E-state index contributed by atoms with van der Waals surface area (Å²) in [6.45, 7) is 2.07. The molecule has 1 N–H and O–H groups in total. The van der Waals surface area contributed by atoms with Gasteiger partial charge in [0, 0.05) is 18.9 Å². The molecule has 3 rings (SSSR count). The zero-order chi connectivity index (χ0) is 19.4. The van der Waals surface area contributed by atoms with Crippen molar-refractivity contribution in [1.82, 2.24) is 20.1 Å². The third-order valence-corrected chi connectivity index (χ3v) is 4.12. The van der Waals surface area contributed by atoms with Crippen molar-refractivity contribution in [3.05, 3.63) is 77.4 Å². The number of rotatable bonds is 5. The quantitative estimate of drug-likeness (QED) is 0.743. The standard InChI is InChI=1S/C19H17F3N4O/c1-13-17(18(27)24-10-7-14-5-8-23-9-6-14)12-25-26(13)16-4-2-3-15(11-16)19(20,21)22/h2-6,8-9,11-12H,7,10H2,1H3,(H,24,27). The van der Waals surface area contributed by atoms with Gasteiger partial charge in [0.25, 0.3) is 5.91 Å². The molecule has 0 aliphatic rings. The topological polar surface area (TPSA) is 59.8 Å². The number of nitrogens with one attached hydrogen (secondary N) is 1. The SMILES string of the molecule is Cc1c(C(=O)NCCc2ccncc2)cnn1-c1cccc(C(F)(F)F)c1. The first-order valence-corrected chi connectivity index (χ1v) is 8.25. The van der Waals surface area contributed by atoms with Crippen LogP contribution in [0.3, 0.4) is 0 Å². The summed E-state index contributed by atoms with van der Waals surface area (Å²) in [6, 6.07) is 8.56. The molecule has 3 aromatic rings. The molecule has 0 saturated carbocycles. The minimum atomic E-state index is -4.44. The highest BCUT2D eigenvalue weighted by Crippen LogP contribution is 2.30. The van der Waals surface area contributed by atoms with E-state index in [1.807, 2.05) is 12.1 Å². The normalized spacial score (nSPS) is 11.4. The van der Waals surface area contributed by atoms with E-state index in [9.17, 15) is 18.0 Å². The summed E-state index contributed by atoms with van der Waals surface area (Å²) in [5.74, 6) is -0.320. The number of nitrogens with zero attached hydrogens (tertiary/aromatic N) is 3. The second-order valence-corrected chi connectivity index (χ2v) is 5.96. The van der Waals surface area contributed by atoms with Gasteiger partial charge in [0.15, 0.2) is 0 Å². The van der Waals surface area contributed by atoms with E-state index in [0.717, 1.165) is 17.7 Å². The van der Waals surface area contributed by atoms with Gasteiger partial charge in [-0.1, -0.05) is 6.07 Å². The summed E-state index contributed by atoms with van der Waals surface area (Å²) < 4.78 is 40.0. The van der Waals surface area contributed by atoms with Gasteiger partial charge in [0.1, 0.15) is 0 Å². The van der Waals surface area contributed by atoms with Crippen LogP contribution in [0.15, 0.2) is 55.0 Å². The van der Waals surface area contributed by atoms with Gasteiger partial charge < -0.3 is 5.32 Å². The van der Waals surface area contributed by atoms with Crippen molar-refractivity contribution in [1.29, 1.82) is 0 Å². The third-order valence-electron chi connectivity index (χ3n) is 4.12. The van der Waals surface area contributed by atoms with Crippen LogP contribution >= 0.6 is 0 Å². The summed E-state index contributed by atoms with van der Waals surface area (Å²) in [5, 5.41) is 6.87. The second-order valence-electron chi connectivity index (χ2n) is 5.96. The predicted molar refractivity (Wildman–Crippen MR) is 93.6 cm³/mol. The van der Waals surface area contributed by atoms with Crippen LogP contribution in [0.1, 0.15) is 27.2 Å². The monoisotopic (exact) mass is 374 g/mol. The Morgan fingerprint density at radius 3 is 2.63 bits per heavy atom. The smallest absolute Gasteiger partial charge is 0.352 e. The number of pyridine rings is 1. The van der Waals surface area contributed by atoms with Gasteiger partial charge in [-0.25, -0.2) is 4.68 Å². The van der Waals surface area contributed by atoms with Crippen LogP contribution in [0.2, 0.25) is 0 Å². The van der Waals surface area contributed by atoms with E-state index in [2.05, 4.69) is 15.4 Å². The van der Waals surface area contributed by atoms with Gasteiger partial charge in [-0.15, -0.1) is 0 Å². The van der Waals surface area contributed by atoms with Crippen LogP contribution in [0.25, 0.3) is 5.69 Å². The molecule has 0 bridgehead atoms. The van der Waals surface area contributed by atoms with Crippen LogP contribution in [0, 0.1) is 6.92 Å². The lowest BCUT2D eigenvalue weighted by Gasteiger charge is -2.10. The average Bonchev–Trinajstić information content (AvgIpc) is 3.03. The highest BCUT2D eigenvalue weighted by atomic mass is 19.4. The molecule has 8 heteroatoms. The minimum absolute atomic E-state index is 0.248. The minimum Gasteiger partial charge on any atom is -0.352 e. The molecule has 27 heavy (non-hydrogen) atoms. The number of hydrogen-bond donors (Lipinski definition) is 1. The molecular formula is C19H17F3N4O. The van der Waals surface area contributed by atoms with Crippen LogP contribution in [-0.2, 0) is 12.6 Å². The number of amides is 1. The summed E-state index contributed by atoms with van der Waals surface area (Å²) in [5.41, 5.74) is 1.32. The van der Waals surface area contributed by atoms with E-state index < -0.39 is 11.7 Å². The van der Waals surface area contributed by atoms with Crippen molar-refractivity contribution in [2.75, 3.05) is 6.54 Å². The van der Waals surface area contributed by atoms with Gasteiger partial charge in [0.2, 0.25) is 0 Å². The molecule has 140 valence electrons.